The molecule has 1 aromatic carbocycles. The van der Waals surface area contributed by atoms with Crippen molar-refractivity contribution in [2.24, 2.45) is 0 Å². The lowest BCUT2D eigenvalue weighted by molar-refractivity contribution is 0.00697. The Bertz CT molecular complexity index is 863. The molecule has 0 saturated heterocycles. The average Bonchev–Trinajstić information content (AvgIpc) is 3.13. The molecule has 0 aliphatic carbocycles. The molecule has 0 aliphatic rings. The molecule has 0 bridgehead atoms. The third kappa shape index (κ3) is 3.43. The van der Waals surface area contributed by atoms with Crippen molar-refractivity contribution in [1.29, 1.82) is 0 Å². The normalized spacial score (nSPS) is 11.8. The van der Waals surface area contributed by atoms with Crippen LogP contribution >= 0.6 is 11.6 Å². The summed E-state index contributed by atoms with van der Waals surface area (Å²) in [7, 11) is 0. The molecule has 3 aromatic rings. The maximum absolute atomic E-state index is 12.3. The van der Waals surface area contributed by atoms with Gasteiger partial charge >= 0.3 is 5.97 Å². The summed E-state index contributed by atoms with van der Waals surface area (Å²) in [6.07, 6.45) is 3.10. The van der Waals surface area contributed by atoms with Crippen LogP contribution in [0.1, 0.15) is 42.8 Å². The maximum Gasteiger partial charge on any atom is 0.338 e. The minimum atomic E-state index is -0.550. The molecule has 3 rings (SSSR count). The topological polar surface area (TPSA) is 70.2 Å². The van der Waals surface area contributed by atoms with Gasteiger partial charge in [0.1, 0.15) is 24.2 Å². The van der Waals surface area contributed by atoms with E-state index in [9.17, 15) is 4.79 Å². The summed E-state index contributed by atoms with van der Waals surface area (Å²) in [5.74, 6) is 1.10. The van der Waals surface area contributed by atoms with Crippen molar-refractivity contribution >= 4 is 28.6 Å². The first-order valence-electron chi connectivity index (χ1n) is 7.54. The van der Waals surface area contributed by atoms with Crippen LogP contribution in [0, 0.1) is 0 Å². The number of fused-ring (bicyclic) bond motifs is 1. The van der Waals surface area contributed by atoms with Gasteiger partial charge in [-0.2, -0.15) is 0 Å². The van der Waals surface area contributed by atoms with Crippen LogP contribution in [0.2, 0.25) is 0 Å². The molecule has 2 heterocycles. The quantitative estimate of drug-likeness (QED) is 0.530. The van der Waals surface area contributed by atoms with E-state index in [4.69, 9.17) is 20.8 Å². The fraction of sp³-hybridized carbons (Fsp3) is 0.353. The van der Waals surface area contributed by atoms with Crippen molar-refractivity contribution in [3.63, 3.8) is 0 Å². The predicted molar refractivity (Wildman–Crippen MR) is 90.1 cm³/mol. The first kappa shape index (κ1) is 16.5. The number of hydrogen-bond donors (Lipinski definition) is 0. The zero-order valence-corrected chi connectivity index (χ0v) is 14.5. The summed E-state index contributed by atoms with van der Waals surface area (Å²) in [6, 6.07) is 5.25. The number of halogens is 1. The molecule has 2 aromatic heterocycles. The molecular weight excluding hydrogens is 330 g/mol. The van der Waals surface area contributed by atoms with E-state index in [0.29, 0.717) is 23.8 Å². The van der Waals surface area contributed by atoms with Gasteiger partial charge in [-0.25, -0.2) is 14.8 Å². The Kier molecular flexibility index (Phi) is 4.32. The van der Waals surface area contributed by atoms with Crippen LogP contribution in [-0.4, -0.2) is 26.1 Å². The molecule has 0 spiro atoms. The van der Waals surface area contributed by atoms with Crippen LogP contribution < -0.4 is 0 Å². The summed E-state index contributed by atoms with van der Waals surface area (Å²) in [4.78, 5) is 20.9. The van der Waals surface area contributed by atoms with Crippen LogP contribution in [0.5, 0.6) is 0 Å². The van der Waals surface area contributed by atoms with E-state index in [1.807, 2.05) is 25.3 Å². The van der Waals surface area contributed by atoms with Crippen molar-refractivity contribution in [2.45, 2.75) is 38.8 Å². The number of ether oxygens (including phenoxy) is 1. The standard InChI is InChI=1S/C17H18ClN3O3/c1-17(2,3)24-16(22)11-4-5-12-13(8-11)21(14(9-18)20-12)10-15-19-6-7-23-15/h4-8H,9-10H2,1-3H3. The highest BCUT2D eigenvalue weighted by atomic mass is 35.5. The third-order valence-corrected chi connectivity index (χ3v) is 3.60. The monoisotopic (exact) mass is 347 g/mol. The molecule has 0 atom stereocenters. The average molecular weight is 348 g/mol. The number of oxazole rings is 1. The zero-order valence-electron chi connectivity index (χ0n) is 13.7. The summed E-state index contributed by atoms with van der Waals surface area (Å²) in [5, 5.41) is 0. The minimum absolute atomic E-state index is 0.247. The van der Waals surface area contributed by atoms with Crippen LogP contribution in [0.25, 0.3) is 11.0 Å². The number of esters is 1. The van der Waals surface area contributed by atoms with Gasteiger partial charge < -0.3 is 13.7 Å². The summed E-state index contributed by atoms with van der Waals surface area (Å²) in [6.45, 7) is 5.90. The number of rotatable bonds is 4. The van der Waals surface area contributed by atoms with E-state index in [-0.39, 0.29) is 11.8 Å². The second-order valence-electron chi connectivity index (χ2n) is 6.38. The molecule has 0 saturated carbocycles. The van der Waals surface area contributed by atoms with Gasteiger partial charge in [-0.3, -0.25) is 0 Å². The van der Waals surface area contributed by atoms with Crippen LogP contribution in [0.15, 0.2) is 35.1 Å². The molecule has 6 nitrogen and oxygen atoms in total. The Labute approximate surface area is 144 Å². The van der Waals surface area contributed by atoms with Gasteiger partial charge in [0.05, 0.1) is 28.7 Å². The van der Waals surface area contributed by atoms with Gasteiger partial charge in [-0.05, 0) is 39.0 Å². The van der Waals surface area contributed by atoms with Crippen molar-refractivity contribution < 1.29 is 13.9 Å². The fourth-order valence-corrected chi connectivity index (χ4v) is 2.59. The number of nitrogens with zero attached hydrogens (tertiary/aromatic N) is 3. The number of aromatic nitrogens is 3. The smallest absolute Gasteiger partial charge is 0.338 e. The Balaban J connectivity index is 2.02. The van der Waals surface area contributed by atoms with E-state index in [1.165, 1.54) is 6.26 Å². The lowest BCUT2D eigenvalue weighted by atomic mass is 10.1. The molecular formula is C17H18ClN3O3. The van der Waals surface area contributed by atoms with Gasteiger partial charge in [-0.1, -0.05) is 0 Å². The van der Waals surface area contributed by atoms with Crippen LogP contribution in [-0.2, 0) is 17.2 Å². The molecule has 0 fully saturated rings. The summed E-state index contributed by atoms with van der Waals surface area (Å²) < 4.78 is 12.6. The van der Waals surface area contributed by atoms with Gasteiger partial charge in [-0.15, -0.1) is 11.6 Å². The predicted octanol–water partition coefficient (Wildman–Crippen LogP) is 3.77. The zero-order chi connectivity index (χ0) is 17.3. The van der Waals surface area contributed by atoms with Crippen LogP contribution in [0.4, 0.5) is 0 Å². The highest BCUT2D eigenvalue weighted by Crippen LogP contribution is 2.22. The van der Waals surface area contributed by atoms with E-state index in [1.54, 1.807) is 24.4 Å². The van der Waals surface area contributed by atoms with E-state index < -0.39 is 5.60 Å². The molecule has 126 valence electrons. The molecule has 0 aliphatic heterocycles. The molecule has 0 radical (unpaired) electrons. The van der Waals surface area contributed by atoms with Crippen LogP contribution in [0.3, 0.4) is 0 Å². The Morgan fingerprint density at radius 3 is 2.79 bits per heavy atom. The highest BCUT2D eigenvalue weighted by Gasteiger charge is 2.20. The Hall–Kier alpha value is -2.34. The van der Waals surface area contributed by atoms with E-state index in [0.717, 1.165) is 11.0 Å². The van der Waals surface area contributed by atoms with Crippen molar-refractivity contribution in [3.8, 4) is 0 Å². The van der Waals surface area contributed by atoms with E-state index >= 15 is 0 Å². The molecule has 24 heavy (non-hydrogen) atoms. The van der Waals surface area contributed by atoms with Crippen molar-refractivity contribution in [3.05, 3.63) is 47.9 Å². The highest BCUT2D eigenvalue weighted by molar-refractivity contribution is 6.16. The lowest BCUT2D eigenvalue weighted by Crippen LogP contribution is -2.23. The second-order valence-corrected chi connectivity index (χ2v) is 6.65. The largest absolute Gasteiger partial charge is 0.456 e. The third-order valence-electron chi connectivity index (χ3n) is 3.36. The molecule has 0 N–H and O–H groups in total. The first-order valence-corrected chi connectivity index (χ1v) is 8.07. The maximum atomic E-state index is 12.3. The van der Waals surface area contributed by atoms with Gasteiger partial charge in [0.25, 0.3) is 0 Å². The number of carbonyl (C=O) groups is 1. The number of hydrogen-bond acceptors (Lipinski definition) is 5. The number of imidazole rings is 1. The first-order chi connectivity index (χ1) is 11.4. The number of benzene rings is 1. The summed E-state index contributed by atoms with van der Waals surface area (Å²) in [5.41, 5.74) is 1.45. The minimum Gasteiger partial charge on any atom is -0.456 e. The SMILES string of the molecule is CC(C)(C)OC(=O)c1ccc2nc(CCl)n(Cc3ncco3)c2c1. The Morgan fingerprint density at radius 1 is 1.38 bits per heavy atom. The lowest BCUT2D eigenvalue weighted by Gasteiger charge is -2.19. The summed E-state index contributed by atoms with van der Waals surface area (Å²) >= 11 is 6.01. The Morgan fingerprint density at radius 2 is 2.17 bits per heavy atom. The van der Waals surface area contributed by atoms with Gasteiger partial charge in [0.2, 0.25) is 5.89 Å². The van der Waals surface area contributed by atoms with Crippen molar-refractivity contribution in [2.75, 3.05) is 0 Å². The van der Waals surface area contributed by atoms with E-state index in [2.05, 4.69) is 9.97 Å². The number of carbonyl (C=O) groups excluding carboxylic acids is 1. The molecule has 0 amide bonds. The second kappa shape index (κ2) is 6.28. The number of alkyl halides is 1. The van der Waals surface area contributed by atoms with Gasteiger partial charge in [0, 0.05) is 0 Å². The van der Waals surface area contributed by atoms with Crippen molar-refractivity contribution in [1.82, 2.24) is 14.5 Å². The molecule has 0 unspecified atom stereocenters. The van der Waals surface area contributed by atoms with Gasteiger partial charge in [0.15, 0.2) is 0 Å². The fourth-order valence-electron chi connectivity index (χ4n) is 2.38. The molecule has 7 heteroatoms.